The molecule has 0 saturated heterocycles. The topological polar surface area (TPSA) is 3.24 Å². The summed E-state index contributed by atoms with van der Waals surface area (Å²) in [7, 11) is 0. The summed E-state index contributed by atoms with van der Waals surface area (Å²) in [4.78, 5) is 2.55. The van der Waals surface area contributed by atoms with E-state index in [1.54, 1.807) is 0 Å². The summed E-state index contributed by atoms with van der Waals surface area (Å²) in [6.07, 6.45) is 0. The Balaban J connectivity index is 1.09. The first kappa shape index (κ1) is 32.8. The van der Waals surface area contributed by atoms with Crippen LogP contribution < -0.4 is 4.90 Å². The molecule has 0 N–H and O–H groups in total. The quantitative estimate of drug-likeness (QED) is 0.172. The molecule has 1 nitrogen and oxygen atoms in total. The number of thiophene rings is 1. The van der Waals surface area contributed by atoms with Crippen LogP contribution in [0.15, 0.2) is 212 Å². The Labute approximate surface area is 346 Å². The highest BCUT2D eigenvalue weighted by Crippen LogP contribution is 2.65. The van der Waals surface area contributed by atoms with Crippen molar-refractivity contribution in [3.05, 3.63) is 235 Å². The lowest BCUT2D eigenvalue weighted by molar-refractivity contribution is 0.794. The Bertz CT molecular complexity index is 3470. The van der Waals surface area contributed by atoms with Crippen LogP contribution in [0.1, 0.15) is 22.3 Å². The predicted octanol–water partition coefficient (Wildman–Crippen LogP) is 15.8. The normalized spacial score (nSPS) is 13.2. The average Bonchev–Trinajstić information content (AvgIpc) is 3.94. The number of fused-ring (bicyclic) bond motifs is 16. The molecule has 2 aliphatic carbocycles. The zero-order valence-corrected chi connectivity index (χ0v) is 32.9. The first-order valence-corrected chi connectivity index (χ1v) is 21.2. The highest BCUT2D eigenvalue weighted by atomic mass is 32.1. The summed E-state index contributed by atoms with van der Waals surface area (Å²) in [5, 5.41) is 7.70. The van der Waals surface area contributed by atoms with Crippen LogP contribution in [0.5, 0.6) is 0 Å². The van der Waals surface area contributed by atoms with Gasteiger partial charge in [0.15, 0.2) is 0 Å². The molecule has 0 radical (unpaired) electrons. The van der Waals surface area contributed by atoms with Gasteiger partial charge >= 0.3 is 0 Å². The summed E-state index contributed by atoms with van der Waals surface area (Å²) < 4.78 is 2.59. The fraction of sp³-hybridized carbons (Fsp3) is 0.0175. The Morgan fingerprint density at radius 2 is 0.932 bits per heavy atom. The highest BCUT2D eigenvalue weighted by molar-refractivity contribution is 7.26. The van der Waals surface area contributed by atoms with Gasteiger partial charge in [0.2, 0.25) is 0 Å². The summed E-state index contributed by atoms with van der Waals surface area (Å²) in [6, 6.07) is 79.2. The van der Waals surface area contributed by atoms with Gasteiger partial charge in [-0.1, -0.05) is 176 Å². The van der Waals surface area contributed by atoms with Gasteiger partial charge in [0.1, 0.15) is 0 Å². The molecule has 13 rings (SSSR count). The monoisotopic (exact) mass is 765 g/mol. The maximum atomic E-state index is 2.55. The predicted molar refractivity (Wildman–Crippen MR) is 251 cm³/mol. The maximum Gasteiger partial charge on any atom is 0.0726 e. The van der Waals surface area contributed by atoms with E-state index in [0.717, 1.165) is 5.69 Å². The molecule has 0 bridgehead atoms. The molecule has 0 fully saturated rings. The summed E-state index contributed by atoms with van der Waals surface area (Å²) in [6.45, 7) is 0. The van der Waals surface area contributed by atoms with Gasteiger partial charge in [-0.3, -0.25) is 0 Å². The number of hydrogen-bond donors (Lipinski definition) is 0. The van der Waals surface area contributed by atoms with E-state index in [1.807, 2.05) is 11.3 Å². The lowest BCUT2D eigenvalue weighted by Gasteiger charge is -2.32. The first-order valence-electron chi connectivity index (χ1n) is 20.4. The molecule has 59 heavy (non-hydrogen) atoms. The smallest absolute Gasteiger partial charge is 0.0726 e. The lowest BCUT2D eigenvalue weighted by atomic mass is 9.70. The number of benzene rings is 10. The summed E-state index contributed by atoms with van der Waals surface area (Å²) in [5.74, 6) is 0. The molecular formula is C57H35NS. The van der Waals surface area contributed by atoms with Crippen molar-refractivity contribution in [1.29, 1.82) is 0 Å². The fourth-order valence-corrected chi connectivity index (χ4v) is 11.8. The minimum Gasteiger partial charge on any atom is -0.308 e. The first-order chi connectivity index (χ1) is 29.3. The van der Waals surface area contributed by atoms with Crippen molar-refractivity contribution >= 4 is 70.1 Å². The third-order valence-electron chi connectivity index (χ3n) is 13.1. The molecule has 274 valence electrons. The second kappa shape index (κ2) is 12.4. The third-order valence-corrected chi connectivity index (χ3v) is 14.2. The Kier molecular flexibility index (Phi) is 6.87. The number of nitrogens with zero attached hydrogens (tertiary/aromatic N) is 1. The minimum atomic E-state index is -0.427. The number of hydrogen-bond acceptors (Lipinski definition) is 2. The van der Waals surface area contributed by atoms with Crippen LogP contribution in [0.2, 0.25) is 0 Å². The van der Waals surface area contributed by atoms with Gasteiger partial charge in [0, 0.05) is 26.7 Å². The largest absolute Gasteiger partial charge is 0.308 e. The Hall–Kier alpha value is -7.26. The molecule has 0 unspecified atom stereocenters. The van der Waals surface area contributed by atoms with Crippen LogP contribution in [0.3, 0.4) is 0 Å². The van der Waals surface area contributed by atoms with Gasteiger partial charge in [-0.15, -0.1) is 11.3 Å². The van der Waals surface area contributed by atoms with Crippen molar-refractivity contribution in [3.63, 3.8) is 0 Å². The zero-order chi connectivity index (χ0) is 38.7. The second-order valence-corrected chi connectivity index (χ2v) is 17.0. The van der Waals surface area contributed by atoms with Gasteiger partial charge in [-0.25, -0.2) is 0 Å². The highest BCUT2D eigenvalue weighted by Gasteiger charge is 2.52. The third kappa shape index (κ3) is 4.50. The van der Waals surface area contributed by atoms with Crippen molar-refractivity contribution in [3.8, 4) is 33.4 Å². The van der Waals surface area contributed by atoms with Crippen molar-refractivity contribution in [2.45, 2.75) is 5.41 Å². The molecule has 2 aliphatic rings. The molecule has 1 heterocycles. The average molecular weight is 766 g/mol. The summed E-state index contributed by atoms with van der Waals surface area (Å²) >= 11 is 1.90. The van der Waals surface area contributed by atoms with E-state index >= 15 is 0 Å². The Morgan fingerprint density at radius 3 is 1.71 bits per heavy atom. The minimum absolute atomic E-state index is 0.427. The van der Waals surface area contributed by atoms with E-state index in [2.05, 4.69) is 217 Å². The SMILES string of the molecule is c1ccc2c(c1)-c1ccccc1C21c2ccccc2-c2c(N(c3ccc(-c4ccc5ccccc5c4)cc3)c3cccc4c3sc3ccc5ccccc5c34)cccc21. The van der Waals surface area contributed by atoms with Crippen LogP contribution in [-0.2, 0) is 5.41 Å². The van der Waals surface area contributed by atoms with Crippen molar-refractivity contribution in [1.82, 2.24) is 0 Å². The second-order valence-electron chi connectivity index (χ2n) is 15.9. The van der Waals surface area contributed by atoms with E-state index in [4.69, 9.17) is 0 Å². The molecular weight excluding hydrogens is 731 g/mol. The van der Waals surface area contributed by atoms with Gasteiger partial charge in [-0.2, -0.15) is 0 Å². The van der Waals surface area contributed by atoms with Crippen molar-refractivity contribution in [2.75, 3.05) is 4.90 Å². The van der Waals surface area contributed by atoms with Gasteiger partial charge in [-0.05, 0) is 108 Å². The molecule has 0 atom stereocenters. The molecule has 1 aromatic heterocycles. The van der Waals surface area contributed by atoms with Crippen LogP contribution in [0.25, 0.3) is 75.1 Å². The molecule has 11 aromatic rings. The Morgan fingerprint density at radius 1 is 0.373 bits per heavy atom. The summed E-state index contributed by atoms with van der Waals surface area (Å²) in [5.41, 5.74) is 16.1. The number of rotatable bonds is 4. The molecule has 10 aromatic carbocycles. The standard InChI is InChI=1S/C57H35NS/c1-2-15-39-35-40(28-27-36(39)13-1)37-29-32-41(33-30-37)58(52-26-11-20-46-54-42-16-4-3-14-38(42)31-34-53(54)59-56(46)52)51-25-12-24-50-55(51)45-19-7-10-23-49(45)57(50)47-21-8-5-17-43(47)44-18-6-9-22-48(44)57/h1-35H. The molecule has 2 heteroatoms. The van der Waals surface area contributed by atoms with Gasteiger partial charge in [0.05, 0.1) is 21.5 Å². The van der Waals surface area contributed by atoms with Crippen LogP contribution in [0.4, 0.5) is 17.1 Å². The zero-order valence-electron chi connectivity index (χ0n) is 32.1. The van der Waals surface area contributed by atoms with E-state index in [9.17, 15) is 0 Å². The molecule has 1 spiro atoms. The van der Waals surface area contributed by atoms with Gasteiger partial charge < -0.3 is 4.90 Å². The van der Waals surface area contributed by atoms with Crippen LogP contribution in [-0.4, -0.2) is 0 Å². The number of anilines is 3. The van der Waals surface area contributed by atoms with Crippen molar-refractivity contribution < 1.29 is 0 Å². The van der Waals surface area contributed by atoms with E-state index < -0.39 is 5.41 Å². The van der Waals surface area contributed by atoms with Crippen molar-refractivity contribution in [2.24, 2.45) is 0 Å². The molecule has 0 amide bonds. The van der Waals surface area contributed by atoms with E-state index in [0.29, 0.717) is 0 Å². The lowest BCUT2D eigenvalue weighted by Crippen LogP contribution is -2.26. The fourth-order valence-electron chi connectivity index (χ4n) is 10.6. The van der Waals surface area contributed by atoms with E-state index in [1.165, 1.54) is 109 Å². The van der Waals surface area contributed by atoms with Crippen LogP contribution >= 0.6 is 11.3 Å². The van der Waals surface area contributed by atoms with Gasteiger partial charge in [0.25, 0.3) is 0 Å². The molecule has 0 aliphatic heterocycles. The van der Waals surface area contributed by atoms with E-state index in [-0.39, 0.29) is 0 Å². The maximum absolute atomic E-state index is 2.55. The van der Waals surface area contributed by atoms with Crippen LogP contribution in [0, 0.1) is 0 Å². The molecule has 0 saturated carbocycles.